The summed E-state index contributed by atoms with van der Waals surface area (Å²) in [6.07, 6.45) is 6.85. The summed E-state index contributed by atoms with van der Waals surface area (Å²) >= 11 is 0. The number of imidazole rings is 1. The van der Waals surface area contributed by atoms with Gasteiger partial charge >= 0.3 is 12.6 Å². The standard InChI is InChI=1S/C29H34F2N4O6/c1-3-39-28(37)18-5-4-9-34(17-18)11-12-40-21-8-10-35-22(16-32-25(35)15-21)19-13-23(38-2)26(24(14-19)41-29(30)31)27(36)33-20-6-7-20/h8,10,13-16,18,20,29H,3-7,9,11-12,17H2,1-2H3,(H,33,36). The van der Waals surface area contributed by atoms with Crippen LogP contribution in [0.25, 0.3) is 16.9 Å². The van der Waals surface area contributed by atoms with Gasteiger partial charge in [0, 0.05) is 37.0 Å². The van der Waals surface area contributed by atoms with E-state index in [-0.39, 0.29) is 35.0 Å². The van der Waals surface area contributed by atoms with Crippen molar-refractivity contribution in [2.24, 2.45) is 5.92 Å². The fraction of sp³-hybridized carbons (Fsp3) is 0.483. The Kier molecular flexibility index (Phi) is 8.87. The van der Waals surface area contributed by atoms with Crippen molar-refractivity contribution >= 4 is 17.5 Å². The van der Waals surface area contributed by atoms with E-state index in [1.54, 1.807) is 35.0 Å². The number of pyridine rings is 1. The molecule has 41 heavy (non-hydrogen) atoms. The molecule has 1 unspecified atom stereocenters. The summed E-state index contributed by atoms with van der Waals surface area (Å²) in [6.45, 7) is 1.76. The molecule has 1 aliphatic heterocycles. The first-order valence-electron chi connectivity index (χ1n) is 13.8. The Bertz CT molecular complexity index is 1390. The summed E-state index contributed by atoms with van der Waals surface area (Å²) in [4.78, 5) is 31.6. The third-order valence-electron chi connectivity index (χ3n) is 7.22. The number of alkyl halides is 2. The van der Waals surface area contributed by atoms with Crippen LogP contribution < -0.4 is 19.5 Å². The molecule has 220 valence electrons. The molecule has 0 bridgehead atoms. The number of methoxy groups -OCH3 is 1. The SMILES string of the molecule is CCOC(=O)C1CCCN(CCOc2ccn3c(-c4cc(OC)c(C(=O)NC5CC5)c(OC(F)F)c4)cnc3c2)C1. The lowest BCUT2D eigenvalue weighted by Crippen LogP contribution is -2.41. The second-order valence-electron chi connectivity index (χ2n) is 10.2. The van der Waals surface area contributed by atoms with Crippen LogP contribution in [0.4, 0.5) is 8.78 Å². The number of aromatic nitrogens is 2. The first kappa shape index (κ1) is 28.6. The van der Waals surface area contributed by atoms with E-state index in [0.29, 0.717) is 49.0 Å². The van der Waals surface area contributed by atoms with Crippen LogP contribution in [-0.4, -0.2) is 78.8 Å². The van der Waals surface area contributed by atoms with Crippen LogP contribution in [0.15, 0.2) is 36.7 Å². The highest BCUT2D eigenvalue weighted by Gasteiger charge is 2.29. The highest BCUT2D eigenvalue weighted by atomic mass is 19.3. The number of hydrogen-bond donors (Lipinski definition) is 1. The number of ether oxygens (including phenoxy) is 4. The maximum Gasteiger partial charge on any atom is 0.387 e. The van der Waals surface area contributed by atoms with Gasteiger partial charge in [-0.3, -0.25) is 18.9 Å². The number of rotatable bonds is 12. The summed E-state index contributed by atoms with van der Waals surface area (Å²) in [5.41, 5.74) is 1.60. The maximum atomic E-state index is 13.3. The minimum absolute atomic E-state index is 0.0304. The number of fused-ring (bicyclic) bond motifs is 1. The van der Waals surface area contributed by atoms with Gasteiger partial charge in [0.2, 0.25) is 0 Å². The number of hydrogen-bond acceptors (Lipinski definition) is 8. The van der Waals surface area contributed by atoms with E-state index in [1.807, 2.05) is 6.92 Å². The van der Waals surface area contributed by atoms with Crippen LogP contribution in [0, 0.1) is 5.92 Å². The molecule has 1 N–H and O–H groups in total. The van der Waals surface area contributed by atoms with E-state index in [2.05, 4.69) is 15.2 Å². The lowest BCUT2D eigenvalue weighted by molar-refractivity contribution is -0.150. The molecular formula is C29H34F2N4O6. The molecular weight excluding hydrogens is 538 g/mol. The lowest BCUT2D eigenvalue weighted by Gasteiger charge is -2.31. The number of esters is 1. The molecule has 0 radical (unpaired) electrons. The van der Waals surface area contributed by atoms with Crippen LogP contribution in [0.1, 0.15) is 43.0 Å². The topological polar surface area (TPSA) is 104 Å². The molecule has 1 amide bonds. The maximum absolute atomic E-state index is 13.3. The summed E-state index contributed by atoms with van der Waals surface area (Å²) in [6, 6.07) is 6.61. The average molecular weight is 573 g/mol. The molecule has 0 spiro atoms. The van der Waals surface area contributed by atoms with Crippen LogP contribution in [0.2, 0.25) is 0 Å². The first-order chi connectivity index (χ1) is 19.9. The predicted molar refractivity (Wildman–Crippen MR) is 146 cm³/mol. The minimum Gasteiger partial charge on any atom is -0.496 e. The lowest BCUT2D eigenvalue weighted by atomic mass is 9.98. The Morgan fingerprint density at radius 3 is 2.71 bits per heavy atom. The highest BCUT2D eigenvalue weighted by Crippen LogP contribution is 2.37. The van der Waals surface area contributed by atoms with E-state index in [9.17, 15) is 18.4 Å². The monoisotopic (exact) mass is 572 g/mol. The Morgan fingerprint density at radius 1 is 1.17 bits per heavy atom. The molecule has 1 aliphatic carbocycles. The van der Waals surface area contributed by atoms with E-state index < -0.39 is 12.5 Å². The van der Waals surface area contributed by atoms with E-state index in [4.69, 9.17) is 18.9 Å². The Morgan fingerprint density at radius 2 is 1.98 bits per heavy atom. The van der Waals surface area contributed by atoms with E-state index >= 15 is 0 Å². The number of piperidine rings is 1. The Balaban J connectivity index is 1.30. The smallest absolute Gasteiger partial charge is 0.387 e. The molecule has 10 nitrogen and oxygen atoms in total. The number of carbonyl (C=O) groups is 2. The van der Waals surface area contributed by atoms with Crippen molar-refractivity contribution in [3.8, 4) is 28.5 Å². The number of halogens is 2. The van der Waals surface area contributed by atoms with Gasteiger partial charge in [-0.2, -0.15) is 8.78 Å². The molecule has 1 atom stereocenters. The largest absolute Gasteiger partial charge is 0.496 e. The van der Waals surface area contributed by atoms with E-state index in [1.165, 1.54) is 13.2 Å². The molecule has 3 aromatic rings. The van der Waals surface area contributed by atoms with Gasteiger partial charge in [0.1, 0.15) is 35.1 Å². The normalized spacial score (nSPS) is 17.4. The second kappa shape index (κ2) is 12.7. The van der Waals surface area contributed by atoms with Gasteiger partial charge in [-0.05, 0) is 57.4 Å². The van der Waals surface area contributed by atoms with Gasteiger partial charge < -0.3 is 24.3 Å². The van der Waals surface area contributed by atoms with E-state index in [0.717, 1.165) is 32.2 Å². The third kappa shape index (κ3) is 6.87. The molecule has 1 aromatic carbocycles. The molecule has 2 aliphatic rings. The zero-order valence-electron chi connectivity index (χ0n) is 23.1. The number of likely N-dealkylation sites (tertiary alicyclic amines) is 1. The fourth-order valence-electron chi connectivity index (χ4n) is 5.07. The van der Waals surface area contributed by atoms with Gasteiger partial charge in [0.15, 0.2) is 0 Å². The molecule has 5 rings (SSSR count). The van der Waals surface area contributed by atoms with Gasteiger partial charge in [-0.1, -0.05) is 0 Å². The molecule has 1 saturated carbocycles. The molecule has 2 fully saturated rings. The summed E-state index contributed by atoms with van der Waals surface area (Å²) in [5, 5.41) is 2.80. The number of carbonyl (C=O) groups excluding carboxylic acids is 2. The predicted octanol–water partition coefficient (Wildman–Crippen LogP) is 4.16. The summed E-state index contributed by atoms with van der Waals surface area (Å²) < 4.78 is 49.7. The van der Waals surface area contributed by atoms with Crippen LogP contribution in [-0.2, 0) is 9.53 Å². The third-order valence-corrected chi connectivity index (χ3v) is 7.22. The summed E-state index contributed by atoms with van der Waals surface area (Å²) in [5.74, 6) is -0.289. The Labute approximate surface area is 236 Å². The van der Waals surface area contributed by atoms with Crippen molar-refractivity contribution in [3.63, 3.8) is 0 Å². The molecule has 1 saturated heterocycles. The number of benzene rings is 1. The minimum atomic E-state index is -3.12. The fourth-order valence-corrected chi connectivity index (χ4v) is 5.07. The number of amides is 1. The van der Waals surface area contributed by atoms with Crippen molar-refractivity contribution in [2.75, 3.05) is 40.0 Å². The van der Waals surface area contributed by atoms with Crippen LogP contribution >= 0.6 is 0 Å². The average Bonchev–Trinajstić information content (AvgIpc) is 3.67. The van der Waals surface area contributed by atoms with Crippen molar-refractivity contribution in [3.05, 3.63) is 42.2 Å². The summed E-state index contributed by atoms with van der Waals surface area (Å²) in [7, 11) is 1.37. The molecule has 2 aromatic heterocycles. The first-order valence-corrected chi connectivity index (χ1v) is 13.8. The van der Waals surface area contributed by atoms with Crippen LogP contribution in [0.3, 0.4) is 0 Å². The number of nitrogens with one attached hydrogen (secondary N) is 1. The molecule has 12 heteroatoms. The van der Waals surface area contributed by atoms with Gasteiger partial charge in [0.25, 0.3) is 5.91 Å². The van der Waals surface area contributed by atoms with Gasteiger partial charge in [0.05, 0.1) is 31.5 Å². The zero-order chi connectivity index (χ0) is 28.9. The van der Waals surface area contributed by atoms with Crippen molar-refractivity contribution < 1.29 is 37.3 Å². The van der Waals surface area contributed by atoms with Crippen molar-refractivity contribution in [1.82, 2.24) is 19.6 Å². The zero-order valence-corrected chi connectivity index (χ0v) is 23.1. The molecule has 3 heterocycles. The van der Waals surface area contributed by atoms with Gasteiger partial charge in [-0.25, -0.2) is 4.98 Å². The Hall–Kier alpha value is -3.93. The van der Waals surface area contributed by atoms with Crippen LogP contribution in [0.5, 0.6) is 17.2 Å². The second-order valence-corrected chi connectivity index (χ2v) is 10.2. The highest BCUT2D eigenvalue weighted by molar-refractivity contribution is 6.01. The van der Waals surface area contributed by atoms with Crippen molar-refractivity contribution in [1.29, 1.82) is 0 Å². The number of nitrogens with zero attached hydrogens (tertiary/aromatic N) is 3. The van der Waals surface area contributed by atoms with Crippen molar-refractivity contribution in [2.45, 2.75) is 45.3 Å². The quantitative estimate of drug-likeness (QED) is 0.323. The van der Waals surface area contributed by atoms with Gasteiger partial charge in [-0.15, -0.1) is 0 Å².